The van der Waals surface area contributed by atoms with Crippen molar-refractivity contribution in [3.8, 4) is 22.5 Å². The monoisotopic (exact) mass is 558 g/mol. The summed E-state index contributed by atoms with van der Waals surface area (Å²) in [5.74, 6) is -7.61. The van der Waals surface area contributed by atoms with E-state index in [1.54, 1.807) is 0 Å². The molecule has 2 nitrogen and oxygen atoms in total. The van der Waals surface area contributed by atoms with E-state index in [4.69, 9.17) is 0 Å². The molecule has 0 amide bonds. The number of halogens is 10. The van der Waals surface area contributed by atoms with E-state index < -0.39 is 74.5 Å². The smallest absolute Gasteiger partial charge is 0.256 e. The fourth-order valence-corrected chi connectivity index (χ4v) is 4.13. The van der Waals surface area contributed by atoms with Gasteiger partial charge in [0, 0.05) is 28.3 Å². The first-order valence-electron chi connectivity index (χ1n) is 11.1. The van der Waals surface area contributed by atoms with Gasteiger partial charge < -0.3 is 0 Å². The molecule has 0 saturated carbocycles. The molecule has 12 heteroatoms. The molecule has 0 radical (unpaired) electrons. The standard InChI is InChI=1S/C27H16F10N2/c1-25(2,15-12-14(17-6-3-4-11-38-17)23(30)21(24(15)31)27(35,36)37)19-8-5-7-18(39-19)13-9-10-16(28)20(22(13)29)26(32,33)34/h3-12H,1-2H3. The van der Waals surface area contributed by atoms with Crippen LogP contribution in [0.15, 0.2) is 60.8 Å². The Morgan fingerprint density at radius 3 is 1.82 bits per heavy atom. The van der Waals surface area contributed by atoms with E-state index in [-0.39, 0.29) is 11.4 Å². The maximum absolute atomic E-state index is 15.4. The summed E-state index contributed by atoms with van der Waals surface area (Å²) >= 11 is 0. The zero-order valence-electron chi connectivity index (χ0n) is 19.9. The van der Waals surface area contributed by atoms with Gasteiger partial charge in [0.15, 0.2) is 0 Å². The van der Waals surface area contributed by atoms with Crippen LogP contribution >= 0.6 is 0 Å². The lowest BCUT2D eigenvalue weighted by Crippen LogP contribution is -2.26. The summed E-state index contributed by atoms with van der Waals surface area (Å²) in [5.41, 5.74) is -8.95. The Balaban J connectivity index is 1.94. The fourth-order valence-electron chi connectivity index (χ4n) is 4.13. The largest absolute Gasteiger partial charge is 0.422 e. The maximum atomic E-state index is 15.4. The first-order valence-corrected chi connectivity index (χ1v) is 11.1. The number of nitrogens with zero attached hydrogens (tertiary/aromatic N) is 2. The van der Waals surface area contributed by atoms with Crippen LogP contribution in [0.1, 0.15) is 36.2 Å². The third-order valence-corrected chi connectivity index (χ3v) is 6.14. The quantitative estimate of drug-likeness (QED) is 0.234. The maximum Gasteiger partial charge on any atom is 0.422 e. The predicted molar refractivity (Wildman–Crippen MR) is 121 cm³/mol. The highest BCUT2D eigenvalue weighted by molar-refractivity contribution is 5.65. The van der Waals surface area contributed by atoms with Gasteiger partial charge in [-0.3, -0.25) is 9.97 Å². The summed E-state index contributed by atoms with van der Waals surface area (Å²) < 4.78 is 140. The van der Waals surface area contributed by atoms with Crippen molar-refractivity contribution in [2.24, 2.45) is 0 Å². The van der Waals surface area contributed by atoms with E-state index in [1.165, 1.54) is 50.4 Å². The molecule has 204 valence electrons. The van der Waals surface area contributed by atoms with Crippen LogP contribution in [0.5, 0.6) is 0 Å². The molecule has 0 atom stereocenters. The van der Waals surface area contributed by atoms with Gasteiger partial charge in [0.1, 0.15) is 34.4 Å². The molecule has 0 aliphatic carbocycles. The number of aromatic nitrogens is 2. The Bertz CT molecular complexity index is 1540. The molecule has 0 aliphatic heterocycles. The molecule has 0 bridgehead atoms. The predicted octanol–water partition coefficient (Wildman–Crippen LogP) is 8.73. The van der Waals surface area contributed by atoms with E-state index in [2.05, 4.69) is 9.97 Å². The van der Waals surface area contributed by atoms with Crippen molar-refractivity contribution in [1.82, 2.24) is 9.97 Å². The summed E-state index contributed by atoms with van der Waals surface area (Å²) in [5, 5.41) is 0. The summed E-state index contributed by atoms with van der Waals surface area (Å²) in [7, 11) is 0. The minimum absolute atomic E-state index is 0.192. The van der Waals surface area contributed by atoms with Gasteiger partial charge in [0.2, 0.25) is 0 Å². The molecule has 0 spiro atoms. The number of benzene rings is 2. The Kier molecular flexibility index (Phi) is 6.95. The van der Waals surface area contributed by atoms with Gasteiger partial charge in [-0.1, -0.05) is 26.0 Å². The lowest BCUT2D eigenvalue weighted by molar-refractivity contribution is -0.143. The van der Waals surface area contributed by atoms with Gasteiger partial charge in [-0.15, -0.1) is 0 Å². The fraction of sp³-hybridized carbons (Fsp3) is 0.185. The van der Waals surface area contributed by atoms with Crippen LogP contribution in [0.3, 0.4) is 0 Å². The molecule has 4 rings (SSSR count). The van der Waals surface area contributed by atoms with Gasteiger partial charge in [-0.05, 0) is 42.5 Å². The SMILES string of the molecule is CC(C)(c1cccc(-c2ccc(F)c(C(F)(F)F)c2F)n1)c1cc(-c2ccccn2)c(F)c(C(F)(F)F)c1F. The van der Waals surface area contributed by atoms with Gasteiger partial charge in [-0.25, -0.2) is 17.6 Å². The second-order valence-electron chi connectivity index (χ2n) is 9.00. The molecular weight excluding hydrogens is 542 g/mol. The number of hydrogen-bond donors (Lipinski definition) is 0. The van der Waals surface area contributed by atoms with Crippen LogP contribution in [-0.2, 0) is 17.8 Å². The average molecular weight is 558 g/mol. The molecule has 2 aromatic heterocycles. The van der Waals surface area contributed by atoms with E-state index in [0.29, 0.717) is 6.07 Å². The molecule has 0 saturated heterocycles. The van der Waals surface area contributed by atoms with E-state index in [9.17, 15) is 35.1 Å². The van der Waals surface area contributed by atoms with Crippen molar-refractivity contribution < 1.29 is 43.9 Å². The average Bonchev–Trinajstić information content (AvgIpc) is 2.83. The molecule has 39 heavy (non-hydrogen) atoms. The zero-order valence-corrected chi connectivity index (χ0v) is 19.9. The third kappa shape index (κ3) is 5.07. The Hall–Kier alpha value is -3.96. The highest BCUT2D eigenvalue weighted by atomic mass is 19.4. The number of rotatable bonds is 4. The van der Waals surface area contributed by atoms with Crippen molar-refractivity contribution in [3.05, 3.63) is 106 Å². The topological polar surface area (TPSA) is 25.8 Å². The first-order chi connectivity index (χ1) is 18.0. The molecule has 0 unspecified atom stereocenters. The van der Waals surface area contributed by atoms with Crippen LogP contribution in [-0.4, -0.2) is 9.97 Å². The van der Waals surface area contributed by atoms with Crippen LogP contribution in [0.25, 0.3) is 22.5 Å². The van der Waals surface area contributed by atoms with Crippen LogP contribution < -0.4 is 0 Å². The van der Waals surface area contributed by atoms with Crippen molar-refractivity contribution in [2.45, 2.75) is 31.6 Å². The minimum atomic E-state index is -5.44. The highest BCUT2D eigenvalue weighted by Crippen LogP contribution is 2.44. The molecule has 0 N–H and O–H groups in total. The van der Waals surface area contributed by atoms with Crippen LogP contribution in [0, 0.1) is 23.3 Å². The molecule has 0 aliphatic rings. The van der Waals surface area contributed by atoms with Gasteiger partial charge in [0.25, 0.3) is 0 Å². The van der Waals surface area contributed by atoms with E-state index >= 15 is 8.78 Å². The zero-order chi connectivity index (χ0) is 28.9. The molecule has 4 aromatic rings. The normalized spacial score (nSPS) is 12.6. The number of pyridine rings is 2. The lowest BCUT2D eigenvalue weighted by atomic mass is 9.78. The van der Waals surface area contributed by atoms with E-state index in [1.807, 2.05) is 0 Å². The third-order valence-electron chi connectivity index (χ3n) is 6.14. The van der Waals surface area contributed by atoms with Gasteiger partial charge in [-0.2, -0.15) is 26.3 Å². The molecule has 2 aromatic carbocycles. The molecule has 2 heterocycles. The van der Waals surface area contributed by atoms with Gasteiger partial charge >= 0.3 is 12.4 Å². The number of hydrogen-bond acceptors (Lipinski definition) is 2. The lowest BCUT2D eigenvalue weighted by Gasteiger charge is -2.28. The Morgan fingerprint density at radius 1 is 0.615 bits per heavy atom. The van der Waals surface area contributed by atoms with Crippen molar-refractivity contribution in [3.63, 3.8) is 0 Å². The van der Waals surface area contributed by atoms with Crippen molar-refractivity contribution >= 4 is 0 Å². The number of alkyl halides is 6. The van der Waals surface area contributed by atoms with Crippen LogP contribution in [0.2, 0.25) is 0 Å². The van der Waals surface area contributed by atoms with E-state index in [0.717, 1.165) is 18.2 Å². The minimum Gasteiger partial charge on any atom is -0.256 e. The van der Waals surface area contributed by atoms with Gasteiger partial charge in [0.05, 0.1) is 17.1 Å². The summed E-state index contributed by atoms with van der Waals surface area (Å²) in [6.07, 6.45) is -9.61. The van der Waals surface area contributed by atoms with Crippen molar-refractivity contribution in [1.29, 1.82) is 0 Å². The highest BCUT2D eigenvalue weighted by Gasteiger charge is 2.43. The first kappa shape index (κ1) is 28.1. The molecular formula is C27H16F10N2. The summed E-state index contributed by atoms with van der Waals surface area (Å²) in [4.78, 5) is 7.92. The summed E-state index contributed by atoms with van der Waals surface area (Å²) in [6.45, 7) is 2.50. The molecule has 0 fully saturated rings. The Morgan fingerprint density at radius 2 is 1.23 bits per heavy atom. The second kappa shape index (κ2) is 9.65. The summed E-state index contributed by atoms with van der Waals surface area (Å²) in [6, 6.07) is 9.55. The van der Waals surface area contributed by atoms with Crippen LogP contribution in [0.4, 0.5) is 43.9 Å². The second-order valence-corrected chi connectivity index (χ2v) is 9.00. The van der Waals surface area contributed by atoms with Crippen molar-refractivity contribution in [2.75, 3.05) is 0 Å². The Labute approximate surface area is 215 Å².